The number of carbonyl (C=O) groups is 3. The molecule has 1 fully saturated rings. The average molecular weight is 244 g/mol. The minimum Gasteiger partial charge on any atom is -0.469 e. The standard InChI is InChI=1S/C10H16N2O5/c1-11(4-3-9(14)16-2)7-8(13)12-5-6-17-10(12)15/h3-7H2,1-2H3. The van der Waals surface area contributed by atoms with E-state index in [0.717, 1.165) is 4.90 Å². The lowest BCUT2D eigenvalue weighted by Gasteiger charge is -2.18. The van der Waals surface area contributed by atoms with E-state index >= 15 is 0 Å². The van der Waals surface area contributed by atoms with Gasteiger partial charge in [0, 0.05) is 6.54 Å². The van der Waals surface area contributed by atoms with E-state index in [1.54, 1.807) is 11.9 Å². The molecule has 17 heavy (non-hydrogen) atoms. The van der Waals surface area contributed by atoms with Gasteiger partial charge in [-0.25, -0.2) is 9.69 Å². The summed E-state index contributed by atoms with van der Waals surface area (Å²) in [6, 6.07) is 0. The van der Waals surface area contributed by atoms with Crippen LogP contribution in [0.1, 0.15) is 6.42 Å². The molecule has 2 amide bonds. The Morgan fingerprint density at radius 3 is 2.76 bits per heavy atom. The number of cyclic esters (lactones) is 1. The van der Waals surface area contributed by atoms with Crippen LogP contribution >= 0.6 is 0 Å². The summed E-state index contributed by atoms with van der Waals surface area (Å²) in [5, 5.41) is 0. The van der Waals surface area contributed by atoms with Crippen molar-refractivity contribution in [3.63, 3.8) is 0 Å². The number of likely N-dealkylation sites (N-methyl/N-ethyl adjacent to an activating group) is 1. The fourth-order valence-corrected chi connectivity index (χ4v) is 1.40. The van der Waals surface area contributed by atoms with E-state index in [4.69, 9.17) is 0 Å². The van der Waals surface area contributed by atoms with Crippen LogP contribution in [-0.4, -0.2) is 68.2 Å². The third kappa shape index (κ3) is 4.03. The number of methoxy groups -OCH3 is 1. The quantitative estimate of drug-likeness (QED) is 0.604. The molecular formula is C10H16N2O5. The molecule has 1 aliphatic rings. The van der Waals surface area contributed by atoms with Crippen molar-refractivity contribution in [2.75, 3.05) is 40.4 Å². The van der Waals surface area contributed by atoms with Crippen molar-refractivity contribution in [3.05, 3.63) is 0 Å². The van der Waals surface area contributed by atoms with Crippen LogP contribution in [0.15, 0.2) is 0 Å². The fraction of sp³-hybridized carbons (Fsp3) is 0.700. The van der Waals surface area contributed by atoms with Gasteiger partial charge in [0.1, 0.15) is 6.61 Å². The van der Waals surface area contributed by atoms with E-state index in [2.05, 4.69) is 9.47 Å². The van der Waals surface area contributed by atoms with Crippen LogP contribution in [-0.2, 0) is 19.1 Å². The lowest BCUT2D eigenvalue weighted by Crippen LogP contribution is -2.40. The van der Waals surface area contributed by atoms with E-state index in [0.29, 0.717) is 13.1 Å². The molecule has 0 aromatic heterocycles. The van der Waals surface area contributed by atoms with Gasteiger partial charge in [0.05, 0.1) is 26.6 Å². The van der Waals surface area contributed by atoms with Crippen LogP contribution < -0.4 is 0 Å². The molecule has 0 aromatic rings. The zero-order valence-electron chi connectivity index (χ0n) is 9.97. The molecule has 7 heteroatoms. The number of ether oxygens (including phenoxy) is 2. The number of esters is 1. The number of rotatable bonds is 5. The molecule has 0 radical (unpaired) electrons. The minimum atomic E-state index is -0.601. The Balaban J connectivity index is 2.30. The number of imide groups is 1. The maximum atomic E-state index is 11.6. The summed E-state index contributed by atoms with van der Waals surface area (Å²) in [5.74, 6) is -0.648. The SMILES string of the molecule is COC(=O)CCN(C)CC(=O)N1CCOC1=O. The highest BCUT2D eigenvalue weighted by atomic mass is 16.6. The lowest BCUT2D eigenvalue weighted by atomic mass is 10.4. The smallest absolute Gasteiger partial charge is 0.416 e. The monoisotopic (exact) mass is 244 g/mol. The van der Waals surface area contributed by atoms with Gasteiger partial charge in [-0.2, -0.15) is 0 Å². The molecule has 0 unspecified atom stereocenters. The van der Waals surface area contributed by atoms with Crippen LogP contribution in [0.3, 0.4) is 0 Å². The highest BCUT2D eigenvalue weighted by molar-refractivity contribution is 5.94. The molecule has 0 spiro atoms. The third-order valence-corrected chi connectivity index (χ3v) is 2.39. The highest BCUT2D eigenvalue weighted by Crippen LogP contribution is 2.04. The van der Waals surface area contributed by atoms with Gasteiger partial charge in [-0.1, -0.05) is 0 Å². The second kappa shape index (κ2) is 6.19. The molecule has 0 N–H and O–H groups in total. The molecule has 0 aliphatic carbocycles. The minimum absolute atomic E-state index is 0.0755. The number of hydrogen-bond donors (Lipinski definition) is 0. The first kappa shape index (κ1) is 13.4. The van der Waals surface area contributed by atoms with E-state index in [-0.39, 0.29) is 31.4 Å². The first-order valence-corrected chi connectivity index (χ1v) is 5.27. The number of nitrogens with zero attached hydrogens (tertiary/aromatic N) is 2. The van der Waals surface area contributed by atoms with Crippen LogP contribution in [0, 0.1) is 0 Å². The summed E-state index contributed by atoms with van der Waals surface area (Å²) >= 11 is 0. The molecule has 0 bridgehead atoms. The molecule has 1 saturated heterocycles. The Hall–Kier alpha value is -1.63. The summed E-state index contributed by atoms with van der Waals surface area (Å²) in [6.45, 7) is 1.02. The summed E-state index contributed by atoms with van der Waals surface area (Å²) in [7, 11) is 3.01. The number of carbonyl (C=O) groups excluding carboxylic acids is 3. The number of amides is 2. The fourth-order valence-electron chi connectivity index (χ4n) is 1.40. The Morgan fingerprint density at radius 2 is 2.24 bits per heavy atom. The topological polar surface area (TPSA) is 76.2 Å². The van der Waals surface area contributed by atoms with Gasteiger partial charge in [-0.05, 0) is 7.05 Å². The Labute approximate surface area is 99.2 Å². The van der Waals surface area contributed by atoms with Crippen molar-refractivity contribution >= 4 is 18.0 Å². The summed E-state index contributed by atoms with van der Waals surface area (Å²) < 4.78 is 9.14. The highest BCUT2D eigenvalue weighted by Gasteiger charge is 2.28. The lowest BCUT2D eigenvalue weighted by molar-refractivity contribution is -0.141. The molecule has 0 atom stereocenters. The maximum Gasteiger partial charge on any atom is 0.416 e. The van der Waals surface area contributed by atoms with Gasteiger partial charge < -0.3 is 9.47 Å². The van der Waals surface area contributed by atoms with Crippen LogP contribution in [0.5, 0.6) is 0 Å². The Bertz CT molecular complexity index is 318. The predicted molar refractivity (Wildman–Crippen MR) is 57.2 cm³/mol. The molecule has 0 saturated carbocycles. The zero-order chi connectivity index (χ0) is 12.8. The third-order valence-electron chi connectivity index (χ3n) is 2.39. The summed E-state index contributed by atoms with van der Waals surface area (Å²) in [4.78, 5) is 36.4. The largest absolute Gasteiger partial charge is 0.469 e. The van der Waals surface area contributed by atoms with Gasteiger partial charge in [-0.15, -0.1) is 0 Å². The van der Waals surface area contributed by atoms with Gasteiger partial charge in [0.15, 0.2) is 0 Å². The first-order chi connectivity index (χ1) is 8.04. The van der Waals surface area contributed by atoms with Gasteiger partial charge in [-0.3, -0.25) is 14.5 Å². The van der Waals surface area contributed by atoms with Crippen molar-refractivity contribution in [3.8, 4) is 0 Å². The van der Waals surface area contributed by atoms with E-state index in [9.17, 15) is 14.4 Å². The molecule has 0 aromatic carbocycles. The van der Waals surface area contributed by atoms with Crippen molar-refractivity contribution < 1.29 is 23.9 Å². The van der Waals surface area contributed by atoms with Crippen molar-refractivity contribution in [2.24, 2.45) is 0 Å². The molecule has 96 valence electrons. The normalized spacial score (nSPS) is 15.0. The second-order valence-electron chi connectivity index (χ2n) is 3.72. The van der Waals surface area contributed by atoms with Crippen molar-refractivity contribution in [2.45, 2.75) is 6.42 Å². The van der Waals surface area contributed by atoms with E-state index < -0.39 is 6.09 Å². The molecule has 1 heterocycles. The van der Waals surface area contributed by atoms with Crippen LogP contribution in [0.25, 0.3) is 0 Å². The Kier molecular flexibility index (Phi) is 4.89. The maximum absolute atomic E-state index is 11.6. The van der Waals surface area contributed by atoms with E-state index in [1.165, 1.54) is 7.11 Å². The van der Waals surface area contributed by atoms with E-state index in [1.807, 2.05) is 0 Å². The van der Waals surface area contributed by atoms with Crippen LogP contribution in [0.2, 0.25) is 0 Å². The molecule has 1 rings (SSSR count). The number of hydrogen-bond acceptors (Lipinski definition) is 6. The van der Waals surface area contributed by atoms with Gasteiger partial charge >= 0.3 is 12.1 Å². The van der Waals surface area contributed by atoms with Gasteiger partial charge in [0.2, 0.25) is 5.91 Å². The molecule has 7 nitrogen and oxygen atoms in total. The van der Waals surface area contributed by atoms with Crippen molar-refractivity contribution in [1.82, 2.24) is 9.80 Å². The molecule has 1 aliphatic heterocycles. The van der Waals surface area contributed by atoms with Crippen molar-refractivity contribution in [1.29, 1.82) is 0 Å². The summed E-state index contributed by atoms with van der Waals surface area (Å²) in [5.41, 5.74) is 0. The first-order valence-electron chi connectivity index (χ1n) is 5.27. The Morgan fingerprint density at radius 1 is 1.53 bits per heavy atom. The molecular weight excluding hydrogens is 228 g/mol. The zero-order valence-corrected chi connectivity index (χ0v) is 9.97. The average Bonchev–Trinajstić information content (AvgIpc) is 2.72. The predicted octanol–water partition coefficient (Wildman–Crippen LogP) is -0.540. The summed E-state index contributed by atoms with van der Waals surface area (Å²) in [6.07, 6.45) is -0.388. The van der Waals surface area contributed by atoms with Crippen LogP contribution in [0.4, 0.5) is 4.79 Å². The second-order valence-corrected chi connectivity index (χ2v) is 3.72. The van der Waals surface area contributed by atoms with Gasteiger partial charge in [0.25, 0.3) is 0 Å².